The minimum absolute atomic E-state index is 1.10. The van der Waals surface area contributed by atoms with E-state index in [0.717, 1.165) is 0 Å². The Bertz CT molecular complexity index is 416. The van der Waals surface area contributed by atoms with Gasteiger partial charge in [-0.05, 0) is 0 Å². The highest BCUT2D eigenvalue weighted by Crippen LogP contribution is 2.32. The van der Waals surface area contributed by atoms with Crippen molar-refractivity contribution in [2.45, 2.75) is 25.4 Å². The van der Waals surface area contributed by atoms with E-state index in [1.807, 2.05) is 0 Å². The average molecular weight is 340 g/mol. The highest BCUT2D eigenvalue weighted by molar-refractivity contribution is 6.05. The van der Waals surface area contributed by atoms with Crippen LogP contribution in [0.1, 0.15) is 12.8 Å². The number of carboxylic acid groups (broad SMARTS) is 2. The normalized spacial score (nSPS) is 13.7. The van der Waals surface area contributed by atoms with Gasteiger partial charge in [0, 0.05) is 0 Å². The van der Waals surface area contributed by atoms with Crippen molar-refractivity contribution in [3.05, 3.63) is 0 Å². The molecule has 132 valence electrons. The quantitative estimate of drug-likeness (QED) is 0.131. The molecule has 0 heterocycles. The molecule has 0 aromatic rings. The third-order valence-electron chi connectivity index (χ3n) is 2.49. The molecule has 0 amide bonds. The lowest BCUT2D eigenvalue weighted by Crippen LogP contribution is -2.48. The zero-order valence-electron chi connectivity index (χ0n) is 11.6. The number of aliphatic hydroxyl groups excluding tert-OH is 4. The van der Waals surface area contributed by atoms with Gasteiger partial charge in [0.05, 0.1) is 12.8 Å². The summed E-state index contributed by atoms with van der Waals surface area (Å²) < 4.78 is 8.40. The van der Waals surface area contributed by atoms with Gasteiger partial charge in [0.25, 0.3) is 0 Å². The van der Waals surface area contributed by atoms with E-state index in [4.69, 9.17) is 30.6 Å². The fourth-order valence-corrected chi connectivity index (χ4v) is 1.50. The minimum atomic E-state index is -2.94. The van der Waals surface area contributed by atoms with E-state index in [9.17, 15) is 19.2 Å². The summed E-state index contributed by atoms with van der Waals surface area (Å²) in [6, 6.07) is 0. The Morgan fingerprint density at radius 1 is 0.783 bits per heavy atom. The number of hydrogen-bond acceptors (Lipinski definition) is 10. The van der Waals surface area contributed by atoms with E-state index >= 15 is 0 Å². The van der Waals surface area contributed by atoms with Crippen LogP contribution in [0.25, 0.3) is 0 Å². The van der Waals surface area contributed by atoms with Gasteiger partial charge in [0.2, 0.25) is 12.6 Å². The molecule has 0 aliphatic heterocycles. The molecule has 0 bridgehead atoms. The SMILES string of the molecule is O=C(O)CC(CC(=O)O)(C(=O)OC(O)CO)C(=O)OC(O)CO. The smallest absolute Gasteiger partial charge is 0.327 e. The molecule has 0 fully saturated rings. The Morgan fingerprint density at radius 3 is 1.30 bits per heavy atom. The van der Waals surface area contributed by atoms with Gasteiger partial charge in [0.15, 0.2) is 5.41 Å². The van der Waals surface area contributed by atoms with Crippen molar-refractivity contribution < 1.29 is 59.3 Å². The van der Waals surface area contributed by atoms with Crippen LogP contribution in [-0.4, -0.2) is 80.3 Å². The van der Waals surface area contributed by atoms with Gasteiger partial charge >= 0.3 is 23.9 Å². The Balaban J connectivity index is 5.74. The van der Waals surface area contributed by atoms with E-state index < -0.39 is 67.9 Å². The van der Waals surface area contributed by atoms with E-state index in [-0.39, 0.29) is 0 Å². The Hall–Kier alpha value is -2.28. The van der Waals surface area contributed by atoms with Crippen molar-refractivity contribution in [2.24, 2.45) is 5.41 Å². The molecular formula is C11H16O12. The van der Waals surface area contributed by atoms with Gasteiger partial charge in [-0.2, -0.15) is 0 Å². The zero-order chi connectivity index (χ0) is 18.2. The fraction of sp³-hybridized carbons (Fsp3) is 0.636. The van der Waals surface area contributed by atoms with Crippen molar-refractivity contribution in [3.63, 3.8) is 0 Å². The second-order valence-electron chi connectivity index (χ2n) is 4.31. The first-order valence-electron chi connectivity index (χ1n) is 6.02. The van der Waals surface area contributed by atoms with Crippen LogP contribution in [0.5, 0.6) is 0 Å². The van der Waals surface area contributed by atoms with Crippen LogP contribution in [0.2, 0.25) is 0 Å². The number of carbonyl (C=O) groups excluding carboxylic acids is 2. The molecule has 0 aromatic heterocycles. The van der Waals surface area contributed by atoms with Gasteiger partial charge in [-0.3, -0.25) is 19.2 Å². The Labute approximate surface area is 128 Å². The molecule has 12 heteroatoms. The second kappa shape index (κ2) is 8.99. The molecule has 0 aliphatic carbocycles. The number of hydrogen-bond donors (Lipinski definition) is 6. The van der Waals surface area contributed by atoms with Crippen LogP contribution in [-0.2, 0) is 28.7 Å². The third-order valence-corrected chi connectivity index (χ3v) is 2.49. The molecule has 0 radical (unpaired) electrons. The molecule has 6 N–H and O–H groups in total. The van der Waals surface area contributed by atoms with E-state index in [2.05, 4.69) is 9.47 Å². The Kier molecular flexibility index (Phi) is 8.10. The average Bonchev–Trinajstić information content (AvgIpc) is 2.44. The topological polar surface area (TPSA) is 208 Å². The summed E-state index contributed by atoms with van der Waals surface area (Å²) in [6.45, 7) is -2.20. The summed E-state index contributed by atoms with van der Waals surface area (Å²) in [6.07, 6.45) is -7.07. The van der Waals surface area contributed by atoms with Crippen molar-refractivity contribution in [1.82, 2.24) is 0 Å². The van der Waals surface area contributed by atoms with Crippen LogP contribution >= 0.6 is 0 Å². The number of esters is 2. The summed E-state index contributed by atoms with van der Waals surface area (Å²) in [4.78, 5) is 45.7. The van der Waals surface area contributed by atoms with Gasteiger partial charge in [-0.25, -0.2) is 0 Å². The first kappa shape index (κ1) is 20.7. The summed E-state index contributed by atoms with van der Waals surface area (Å²) >= 11 is 0. The zero-order valence-corrected chi connectivity index (χ0v) is 11.6. The molecule has 23 heavy (non-hydrogen) atoms. The number of rotatable bonds is 10. The molecule has 0 saturated heterocycles. The minimum Gasteiger partial charge on any atom is -0.481 e. The summed E-state index contributed by atoms with van der Waals surface area (Å²) in [5.74, 6) is -7.15. The van der Waals surface area contributed by atoms with Gasteiger partial charge < -0.3 is 40.1 Å². The molecule has 0 aromatic carbocycles. The summed E-state index contributed by atoms with van der Waals surface area (Å²) in [5, 5.41) is 52.9. The van der Waals surface area contributed by atoms with Gasteiger partial charge in [0.1, 0.15) is 13.2 Å². The highest BCUT2D eigenvalue weighted by Gasteiger charge is 2.53. The monoisotopic (exact) mass is 340 g/mol. The maximum atomic E-state index is 12.0. The second-order valence-corrected chi connectivity index (χ2v) is 4.31. The Morgan fingerprint density at radius 2 is 1.09 bits per heavy atom. The summed E-state index contributed by atoms with van der Waals surface area (Å²) in [5.41, 5.74) is -2.94. The lowest BCUT2D eigenvalue weighted by atomic mass is 9.81. The number of aliphatic carboxylic acids is 2. The first-order chi connectivity index (χ1) is 10.6. The van der Waals surface area contributed by atoms with Gasteiger partial charge in [-0.15, -0.1) is 0 Å². The van der Waals surface area contributed by atoms with Crippen molar-refractivity contribution in [1.29, 1.82) is 0 Å². The van der Waals surface area contributed by atoms with Crippen molar-refractivity contribution >= 4 is 23.9 Å². The van der Waals surface area contributed by atoms with E-state index in [0.29, 0.717) is 0 Å². The predicted octanol–water partition coefficient (Wildman–Crippen LogP) is -3.37. The maximum absolute atomic E-state index is 12.0. The molecule has 12 nitrogen and oxygen atoms in total. The fourth-order valence-electron chi connectivity index (χ4n) is 1.50. The van der Waals surface area contributed by atoms with Gasteiger partial charge in [-0.1, -0.05) is 0 Å². The number of ether oxygens (including phenoxy) is 2. The van der Waals surface area contributed by atoms with Crippen LogP contribution in [0.15, 0.2) is 0 Å². The molecule has 0 spiro atoms. The number of aliphatic hydroxyl groups is 4. The molecular weight excluding hydrogens is 324 g/mol. The van der Waals surface area contributed by atoms with Crippen LogP contribution < -0.4 is 0 Å². The largest absolute Gasteiger partial charge is 0.481 e. The van der Waals surface area contributed by atoms with Crippen molar-refractivity contribution in [3.8, 4) is 0 Å². The van der Waals surface area contributed by atoms with Crippen LogP contribution in [0, 0.1) is 5.41 Å². The number of carboxylic acids is 2. The molecule has 0 aliphatic rings. The predicted molar refractivity (Wildman–Crippen MR) is 65.3 cm³/mol. The van der Waals surface area contributed by atoms with E-state index in [1.54, 1.807) is 0 Å². The molecule has 2 atom stereocenters. The molecule has 2 unspecified atom stereocenters. The lowest BCUT2D eigenvalue weighted by molar-refractivity contribution is -0.206. The van der Waals surface area contributed by atoms with Crippen LogP contribution in [0.3, 0.4) is 0 Å². The maximum Gasteiger partial charge on any atom is 0.327 e. The molecule has 0 rings (SSSR count). The lowest BCUT2D eigenvalue weighted by Gasteiger charge is -2.28. The highest BCUT2D eigenvalue weighted by atomic mass is 16.7. The van der Waals surface area contributed by atoms with Crippen molar-refractivity contribution in [2.75, 3.05) is 13.2 Å². The number of carbonyl (C=O) groups is 4. The standard InChI is InChI=1S/C11H16O12/c12-3-7(18)22-9(20)11(1-5(14)15,2-6(16)17)10(21)23-8(19)4-13/h7-8,12-13,18-19H,1-4H2,(H,14,15)(H,16,17). The van der Waals surface area contributed by atoms with Crippen LogP contribution in [0.4, 0.5) is 0 Å². The first-order valence-corrected chi connectivity index (χ1v) is 6.02. The third kappa shape index (κ3) is 6.15. The van der Waals surface area contributed by atoms with E-state index in [1.165, 1.54) is 0 Å². The summed E-state index contributed by atoms with van der Waals surface area (Å²) in [7, 11) is 0. The molecule has 0 saturated carbocycles.